The molecule has 0 saturated carbocycles. The molecule has 3 aromatic rings. The minimum Gasteiger partial charge on any atom is -0.401 e. The van der Waals surface area contributed by atoms with Crippen molar-refractivity contribution >= 4 is 18.7 Å². The van der Waals surface area contributed by atoms with Crippen LogP contribution >= 0.6 is 0 Å². The first kappa shape index (κ1) is 26.2. The van der Waals surface area contributed by atoms with Crippen LogP contribution in [-0.2, 0) is 9.16 Å². The summed E-state index contributed by atoms with van der Waals surface area (Å²) in [5, 5.41) is 22.7. The van der Waals surface area contributed by atoms with Crippen LogP contribution in [0.1, 0.15) is 39.0 Å². The van der Waals surface area contributed by atoms with Crippen molar-refractivity contribution < 1.29 is 19.4 Å². The third kappa shape index (κ3) is 4.42. The van der Waals surface area contributed by atoms with E-state index in [4.69, 9.17) is 9.16 Å². The minimum atomic E-state index is -3.05. The van der Waals surface area contributed by atoms with E-state index in [1.54, 1.807) is 6.92 Å². The van der Waals surface area contributed by atoms with E-state index in [1.807, 2.05) is 36.4 Å². The summed E-state index contributed by atoms with van der Waals surface area (Å²) >= 11 is 0. The molecule has 8 nitrogen and oxygen atoms in total. The first-order chi connectivity index (χ1) is 17.1. The van der Waals surface area contributed by atoms with E-state index in [2.05, 4.69) is 50.0 Å². The van der Waals surface area contributed by atoms with Crippen molar-refractivity contribution in [2.24, 2.45) is 0 Å². The van der Waals surface area contributed by atoms with Crippen LogP contribution in [0.2, 0.25) is 5.04 Å². The number of nitrogens with one attached hydrogen (secondary N) is 1. The number of aliphatic hydroxyl groups excluding tert-OH is 2. The molecule has 1 saturated heterocycles. The highest BCUT2D eigenvalue weighted by atomic mass is 28.4. The monoisotopic (exact) mass is 510 g/mol. The second kappa shape index (κ2) is 9.91. The zero-order valence-electron chi connectivity index (χ0n) is 21.1. The van der Waals surface area contributed by atoms with E-state index in [9.17, 15) is 19.8 Å². The van der Waals surface area contributed by atoms with Crippen molar-refractivity contribution in [3.63, 3.8) is 0 Å². The minimum absolute atomic E-state index is 0.205. The Labute approximate surface area is 211 Å². The number of aromatic amines is 1. The van der Waals surface area contributed by atoms with Gasteiger partial charge in [-0.05, 0) is 22.3 Å². The van der Waals surface area contributed by atoms with Gasteiger partial charge in [-0.1, -0.05) is 81.4 Å². The maximum atomic E-state index is 12.6. The molecule has 2 atom stereocenters. The Hall–Kier alpha value is -2.82. The molecule has 36 heavy (non-hydrogen) atoms. The van der Waals surface area contributed by atoms with Gasteiger partial charge < -0.3 is 19.4 Å². The lowest BCUT2D eigenvalue weighted by atomic mass is 9.99. The highest BCUT2D eigenvalue weighted by Crippen LogP contribution is 2.44. The van der Waals surface area contributed by atoms with Gasteiger partial charge in [0.15, 0.2) is 0 Å². The molecule has 1 aromatic heterocycles. The lowest BCUT2D eigenvalue weighted by Gasteiger charge is -2.46. The molecular weight excluding hydrogens is 476 g/mol. The molecule has 0 amide bonds. The predicted octanol–water partition coefficient (Wildman–Crippen LogP) is 1.43. The SMILES string of the molecule is Cc1cn(C2CC(O[Si](c3ccccc3)(c3ccccc3)C(C)(C)C)C(CO)(CO)O2)c(=O)[nH]c1=O. The fraction of sp³-hybridized carbons (Fsp3) is 0.407. The van der Waals surface area contributed by atoms with E-state index < -0.39 is 50.7 Å². The fourth-order valence-corrected chi connectivity index (χ4v) is 9.90. The maximum absolute atomic E-state index is 12.6. The smallest absolute Gasteiger partial charge is 0.330 e. The Kier molecular flexibility index (Phi) is 7.23. The Bertz CT molecular complexity index is 1260. The third-order valence-electron chi connectivity index (χ3n) is 7.10. The molecule has 1 aliphatic rings. The van der Waals surface area contributed by atoms with Crippen molar-refractivity contribution in [2.45, 2.75) is 57.1 Å². The molecule has 0 spiro atoms. The number of aromatic nitrogens is 2. The van der Waals surface area contributed by atoms with Gasteiger partial charge in [0.2, 0.25) is 0 Å². The van der Waals surface area contributed by atoms with Crippen LogP contribution in [0, 0.1) is 6.92 Å². The molecule has 2 unspecified atom stereocenters. The molecule has 1 aliphatic heterocycles. The molecule has 4 rings (SSSR count). The standard InChI is InChI=1S/C27H34N2O6Si/c1-19-16-29(25(33)28-24(19)32)23-15-22(27(17-30,18-31)34-23)35-36(26(2,3)4,20-11-7-5-8-12-20)21-13-9-6-10-14-21/h5-14,16,22-23,30-31H,15,17-18H2,1-4H3,(H,28,32,33). The number of ether oxygens (including phenoxy) is 1. The fourth-order valence-electron chi connectivity index (χ4n) is 5.15. The molecule has 2 heterocycles. The summed E-state index contributed by atoms with van der Waals surface area (Å²) in [5.74, 6) is 0. The molecule has 0 bridgehead atoms. The molecule has 192 valence electrons. The highest BCUT2D eigenvalue weighted by molar-refractivity contribution is 6.99. The van der Waals surface area contributed by atoms with E-state index in [1.165, 1.54) is 10.8 Å². The molecule has 2 aromatic carbocycles. The number of H-pyrrole nitrogens is 1. The van der Waals surface area contributed by atoms with Crippen LogP contribution in [0.3, 0.4) is 0 Å². The Morgan fingerprint density at radius 1 is 1.03 bits per heavy atom. The summed E-state index contributed by atoms with van der Waals surface area (Å²) in [4.78, 5) is 26.8. The number of aryl methyl sites for hydroxylation is 1. The van der Waals surface area contributed by atoms with Gasteiger partial charge in [0.1, 0.15) is 11.8 Å². The largest absolute Gasteiger partial charge is 0.401 e. The first-order valence-corrected chi connectivity index (χ1v) is 14.0. The van der Waals surface area contributed by atoms with Gasteiger partial charge in [-0.2, -0.15) is 0 Å². The van der Waals surface area contributed by atoms with Crippen LogP contribution < -0.4 is 21.6 Å². The van der Waals surface area contributed by atoms with Crippen LogP contribution in [-0.4, -0.2) is 53.0 Å². The zero-order valence-corrected chi connectivity index (χ0v) is 22.1. The normalized spacial score (nSPS) is 19.9. The highest BCUT2D eigenvalue weighted by Gasteiger charge is 2.58. The lowest BCUT2D eigenvalue weighted by molar-refractivity contribution is -0.147. The van der Waals surface area contributed by atoms with Crippen LogP contribution in [0.5, 0.6) is 0 Å². The van der Waals surface area contributed by atoms with Crippen molar-refractivity contribution in [2.75, 3.05) is 13.2 Å². The molecule has 3 N–H and O–H groups in total. The number of nitrogens with zero attached hydrogens (tertiary/aromatic N) is 1. The van der Waals surface area contributed by atoms with Crippen molar-refractivity contribution in [3.8, 4) is 0 Å². The van der Waals surface area contributed by atoms with Gasteiger partial charge in [-0.3, -0.25) is 14.3 Å². The Morgan fingerprint density at radius 3 is 2.03 bits per heavy atom. The van der Waals surface area contributed by atoms with Crippen LogP contribution in [0.15, 0.2) is 76.4 Å². The number of hydrogen-bond acceptors (Lipinski definition) is 6. The summed E-state index contributed by atoms with van der Waals surface area (Å²) in [7, 11) is -3.05. The Morgan fingerprint density at radius 2 is 1.56 bits per heavy atom. The van der Waals surface area contributed by atoms with Gasteiger partial charge in [-0.25, -0.2) is 4.79 Å². The quantitative estimate of drug-likeness (QED) is 0.415. The summed E-state index contributed by atoms with van der Waals surface area (Å²) in [6.07, 6.45) is 0.0756. The van der Waals surface area contributed by atoms with Gasteiger partial charge in [0, 0.05) is 18.2 Å². The second-order valence-corrected chi connectivity index (χ2v) is 14.7. The lowest BCUT2D eigenvalue weighted by Crippen LogP contribution is -2.69. The van der Waals surface area contributed by atoms with E-state index in [-0.39, 0.29) is 11.5 Å². The summed E-state index contributed by atoms with van der Waals surface area (Å²) in [6.45, 7) is 7.02. The predicted molar refractivity (Wildman–Crippen MR) is 140 cm³/mol. The van der Waals surface area contributed by atoms with E-state index >= 15 is 0 Å². The van der Waals surface area contributed by atoms with Crippen molar-refractivity contribution in [3.05, 3.63) is 93.3 Å². The summed E-state index contributed by atoms with van der Waals surface area (Å²) in [6, 6.07) is 20.1. The van der Waals surface area contributed by atoms with Crippen LogP contribution in [0.4, 0.5) is 0 Å². The number of benzene rings is 2. The topological polar surface area (TPSA) is 114 Å². The van der Waals surface area contributed by atoms with Crippen molar-refractivity contribution in [1.29, 1.82) is 0 Å². The summed E-state index contributed by atoms with van der Waals surface area (Å²) in [5.41, 5.74) is -2.18. The van der Waals surface area contributed by atoms with Gasteiger partial charge in [0.25, 0.3) is 13.9 Å². The average molecular weight is 511 g/mol. The van der Waals surface area contributed by atoms with Crippen molar-refractivity contribution in [1.82, 2.24) is 9.55 Å². The van der Waals surface area contributed by atoms with Crippen LogP contribution in [0.25, 0.3) is 0 Å². The number of aliphatic hydroxyl groups is 2. The summed E-state index contributed by atoms with van der Waals surface area (Å²) < 4.78 is 14.7. The van der Waals surface area contributed by atoms with Gasteiger partial charge in [-0.15, -0.1) is 0 Å². The van der Waals surface area contributed by atoms with Gasteiger partial charge in [0.05, 0.1) is 19.3 Å². The maximum Gasteiger partial charge on any atom is 0.330 e. The molecule has 0 radical (unpaired) electrons. The second-order valence-electron chi connectivity index (χ2n) is 10.4. The first-order valence-electron chi connectivity index (χ1n) is 12.1. The Balaban J connectivity index is 1.87. The molecule has 1 fully saturated rings. The average Bonchev–Trinajstić information content (AvgIpc) is 3.23. The number of hydrogen-bond donors (Lipinski definition) is 3. The third-order valence-corrected chi connectivity index (χ3v) is 12.1. The van der Waals surface area contributed by atoms with Gasteiger partial charge >= 0.3 is 5.69 Å². The number of rotatable bonds is 7. The molecule has 9 heteroatoms. The van der Waals surface area contributed by atoms with E-state index in [0.717, 1.165) is 10.4 Å². The van der Waals surface area contributed by atoms with E-state index in [0.29, 0.717) is 5.56 Å². The molecule has 0 aliphatic carbocycles. The zero-order chi connectivity index (χ0) is 26.1. The molecular formula is C27H34N2O6Si.